The van der Waals surface area contributed by atoms with Crippen molar-refractivity contribution in [2.45, 2.75) is 32.4 Å². The number of hydrazine groups is 1. The van der Waals surface area contributed by atoms with E-state index in [1.165, 1.54) is 23.5 Å². The summed E-state index contributed by atoms with van der Waals surface area (Å²) in [5.41, 5.74) is 3.67. The lowest BCUT2D eigenvalue weighted by molar-refractivity contribution is -0.143. The Bertz CT molecular complexity index is 1120. The van der Waals surface area contributed by atoms with Gasteiger partial charge in [-0.3, -0.25) is 20.4 Å². The first-order chi connectivity index (χ1) is 14.7. The molecule has 2 heterocycles. The van der Waals surface area contributed by atoms with Crippen LogP contribution in [0.2, 0.25) is 0 Å². The van der Waals surface area contributed by atoms with E-state index in [0.717, 1.165) is 35.9 Å². The number of amides is 2. The molecular weight excluding hydrogens is 429 g/mol. The Morgan fingerprint density at radius 3 is 2.58 bits per heavy atom. The van der Waals surface area contributed by atoms with E-state index in [4.69, 9.17) is 0 Å². The van der Waals surface area contributed by atoms with E-state index in [1.807, 2.05) is 0 Å². The molecule has 1 aliphatic rings. The van der Waals surface area contributed by atoms with Gasteiger partial charge in [0.2, 0.25) is 0 Å². The number of thiophene rings is 1. The van der Waals surface area contributed by atoms with Crippen molar-refractivity contribution in [2.24, 2.45) is 5.92 Å². The fourth-order valence-corrected chi connectivity index (χ4v) is 4.72. The number of hydrogen-bond acceptors (Lipinski definition) is 4. The first-order valence-corrected chi connectivity index (χ1v) is 10.5. The second-order valence-corrected chi connectivity index (χ2v) is 8.60. The van der Waals surface area contributed by atoms with Crippen molar-refractivity contribution in [3.05, 3.63) is 69.2 Å². The van der Waals surface area contributed by atoms with Crippen LogP contribution in [0.25, 0.3) is 5.69 Å². The minimum Gasteiger partial charge on any atom is -0.267 e. The molecule has 0 saturated heterocycles. The number of halogens is 3. The number of aromatic nitrogens is 2. The molecular formula is C21H19F3N4O2S. The highest BCUT2D eigenvalue weighted by Crippen LogP contribution is 2.34. The average molecular weight is 448 g/mol. The maximum Gasteiger partial charge on any atom is 0.434 e. The molecule has 0 spiro atoms. The molecule has 3 aromatic rings. The summed E-state index contributed by atoms with van der Waals surface area (Å²) in [5.74, 6) is -1.12. The number of hydrogen-bond donors (Lipinski definition) is 2. The lowest BCUT2D eigenvalue weighted by Crippen LogP contribution is -2.42. The highest BCUT2D eigenvalue weighted by Gasteiger charge is 2.40. The molecule has 1 aromatic carbocycles. The summed E-state index contributed by atoms with van der Waals surface area (Å²) in [6.07, 6.45) is -1.15. The Morgan fingerprint density at radius 1 is 1.16 bits per heavy atom. The largest absolute Gasteiger partial charge is 0.434 e. The molecule has 2 amide bonds. The fourth-order valence-electron chi connectivity index (χ4n) is 3.61. The van der Waals surface area contributed by atoms with E-state index in [9.17, 15) is 22.8 Å². The molecule has 1 atom stereocenters. The molecule has 0 aliphatic heterocycles. The van der Waals surface area contributed by atoms with Crippen molar-refractivity contribution in [1.29, 1.82) is 0 Å². The number of aryl methyl sites for hydroxylation is 1. The number of carbonyl (C=O) groups excluding carboxylic acids is 2. The molecule has 0 saturated carbocycles. The molecule has 0 fully saturated rings. The summed E-state index contributed by atoms with van der Waals surface area (Å²) in [7, 11) is 0. The number of nitrogens with one attached hydrogen (secondary N) is 2. The summed E-state index contributed by atoms with van der Waals surface area (Å²) < 4.78 is 41.7. The normalized spacial score (nSPS) is 15.9. The zero-order valence-corrected chi connectivity index (χ0v) is 17.3. The van der Waals surface area contributed by atoms with Crippen LogP contribution in [-0.2, 0) is 19.0 Å². The Kier molecular flexibility index (Phi) is 5.57. The van der Waals surface area contributed by atoms with Gasteiger partial charge in [-0.25, -0.2) is 4.68 Å². The van der Waals surface area contributed by atoms with Gasteiger partial charge in [-0.15, -0.1) is 11.3 Å². The quantitative estimate of drug-likeness (QED) is 0.591. The van der Waals surface area contributed by atoms with Gasteiger partial charge >= 0.3 is 6.18 Å². The van der Waals surface area contributed by atoms with E-state index >= 15 is 0 Å². The third-order valence-corrected chi connectivity index (χ3v) is 6.36. The van der Waals surface area contributed by atoms with E-state index in [1.54, 1.807) is 24.3 Å². The number of benzene rings is 1. The van der Waals surface area contributed by atoms with Crippen LogP contribution in [0.5, 0.6) is 0 Å². The molecule has 10 heteroatoms. The lowest BCUT2D eigenvalue weighted by atomic mass is 9.90. The van der Waals surface area contributed by atoms with Crippen molar-refractivity contribution in [3.63, 3.8) is 0 Å². The van der Waals surface area contributed by atoms with Crippen molar-refractivity contribution in [3.8, 4) is 5.69 Å². The van der Waals surface area contributed by atoms with Crippen LogP contribution in [0.3, 0.4) is 0 Å². The van der Waals surface area contributed by atoms with E-state index in [-0.39, 0.29) is 5.69 Å². The van der Waals surface area contributed by atoms with Gasteiger partial charge in [0.05, 0.1) is 22.3 Å². The summed E-state index contributed by atoms with van der Waals surface area (Å²) >= 11 is 1.34. The van der Waals surface area contributed by atoms with Gasteiger partial charge in [-0.05, 0) is 48.9 Å². The highest BCUT2D eigenvalue weighted by atomic mass is 32.1. The van der Waals surface area contributed by atoms with Crippen molar-refractivity contribution in [2.75, 3.05) is 0 Å². The third kappa shape index (κ3) is 4.34. The van der Waals surface area contributed by atoms with E-state index in [0.29, 0.717) is 15.5 Å². The number of fused-ring (bicyclic) bond motifs is 1. The van der Waals surface area contributed by atoms with Gasteiger partial charge in [-0.1, -0.05) is 25.1 Å². The Balaban J connectivity index is 1.51. The Labute approximate surface area is 180 Å². The standard InChI is InChI=1S/C21H19F3N4O2S/c1-12-7-8-16-13(9-12)10-17(31-16)20(30)27-26-19(29)15-11-25-28(18(15)21(22,23)24)14-5-3-2-4-6-14/h2-6,10-12H,7-9H2,1H3,(H,26,29)(H,27,30). The van der Waals surface area contributed by atoms with Crippen LogP contribution >= 0.6 is 11.3 Å². The van der Waals surface area contributed by atoms with Crippen molar-refractivity contribution < 1.29 is 22.8 Å². The van der Waals surface area contributed by atoms with Crippen LogP contribution in [0.15, 0.2) is 42.6 Å². The maximum atomic E-state index is 13.7. The number of carbonyl (C=O) groups is 2. The number of para-hydroxylation sites is 1. The zero-order valence-electron chi connectivity index (χ0n) is 16.5. The maximum absolute atomic E-state index is 13.7. The molecule has 1 unspecified atom stereocenters. The molecule has 2 aromatic heterocycles. The minimum atomic E-state index is -4.83. The van der Waals surface area contributed by atoms with Crippen LogP contribution in [0, 0.1) is 5.92 Å². The van der Waals surface area contributed by atoms with Gasteiger partial charge in [0.15, 0.2) is 5.69 Å². The predicted molar refractivity (Wildman–Crippen MR) is 109 cm³/mol. The monoisotopic (exact) mass is 448 g/mol. The number of nitrogens with zero attached hydrogens (tertiary/aromatic N) is 2. The average Bonchev–Trinajstić information content (AvgIpc) is 3.36. The van der Waals surface area contributed by atoms with Gasteiger partial charge in [0.1, 0.15) is 0 Å². The lowest BCUT2D eigenvalue weighted by Gasteiger charge is -2.16. The van der Waals surface area contributed by atoms with Gasteiger partial charge < -0.3 is 0 Å². The fraction of sp³-hybridized carbons (Fsp3) is 0.286. The number of rotatable bonds is 3. The van der Waals surface area contributed by atoms with E-state index in [2.05, 4.69) is 22.9 Å². The summed E-state index contributed by atoms with van der Waals surface area (Å²) in [6.45, 7) is 2.15. The van der Waals surface area contributed by atoms with Gasteiger partial charge in [0, 0.05) is 4.88 Å². The van der Waals surface area contributed by atoms with Gasteiger partial charge in [0.25, 0.3) is 11.8 Å². The van der Waals surface area contributed by atoms with Crippen molar-refractivity contribution >= 4 is 23.2 Å². The molecule has 31 heavy (non-hydrogen) atoms. The summed E-state index contributed by atoms with van der Waals surface area (Å²) in [6, 6.07) is 9.48. The third-order valence-electron chi connectivity index (χ3n) is 5.13. The van der Waals surface area contributed by atoms with Crippen LogP contribution in [-0.4, -0.2) is 21.6 Å². The van der Waals surface area contributed by atoms with Crippen molar-refractivity contribution in [1.82, 2.24) is 20.6 Å². The van der Waals surface area contributed by atoms with Gasteiger partial charge in [-0.2, -0.15) is 18.3 Å². The number of alkyl halides is 3. The summed E-state index contributed by atoms with van der Waals surface area (Å²) in [4.78, 5) is 26.4. The minimum absolute atomic E-state index is 0.163. The molecule has 6 nitrogen and oxygen atoms in total. The molecule has 2 N–H and O–H groups in total. The molecule has 162 valence electrons. The first kappa shape index (κ1) is 21.1. The van der Waals surface area contributed by atoms with Crippen LogP contribution in [0.1, 0.15) is 49.5 Å². The molecule has 0 radical (unpaired) electrons. The second-order valence-electron chi connectivity index (χ2n) is 7.47. The van der Waals surface area contributed by atoms with E-state index < -0.39 is 29.2 Å². The SMILES string of the molecule is CC1CCc2sc(C(=O)NNC(=O)c3cnn(-c4ccccc4)c3C(F)(F)F)cc2C1. The zero-order chi connectivity index (χ0) is 22.2. The summed E-state index contributed by atoms with van der Waals surface area (Å²) in [5, 5.41) is 3.74. The topological polar surface area (TPSA) is 76.0 Å². The van der Waals surface area contributed by atoms with Crippen LogP contribution in [0.4, 0.5) is 13.2 Å². The first-order valence-electron chi connectivity index (χ1n) is 9.67. The molecule has 0 bridgehead atoms. The Morgan fingerprint density at radius 2 is 1.87 bits per heavy atom. The molecule has 1 aliphatic carbocycles. The Hall–Kier alpha value is -3.14. The smallest absolute Gasteiger partial charge is 0.267 e. The highest BCUT2D eigenvalue weighted by molar-refractivity contribution is 7.14. The second kappa shape index (κ2) is 8.18. The predicted octanol–water partition coefficient (Wildman–Crippen LogP) is 4.15. The molecule has 4 rings (SSSR count). The van der Waals surface area contributed by atoms with Crippen LogP contribution < -0.4 is 10.9 Å².